The van der Waals surface area contributed by atoms with Crippen LogP contribution in [0.2, 0.25) is 5.02 Å². The van der Waals surface area contributed by atoms with Gasteiger partial charge in [0, 0.05) is 19.2 Å². The Bertz CT molecular complexity index is 504. The SMILES string of the molecule is COC(C)(C)C(=O)NCc1ccc(Cl)c(C(=N)N)c1.Cl. The van der Waals surface area contributed by atoms with Gasteiger partial charge in [0.25, 0.3) is 5.91 Å². The molecule has 0 radical (unpaired) electrons. The van der Waals surface area contributed by atoms with E-state index in [1.807, 2.05) is 0 Å². The van der Waals surface area contributed by atoms with Crippen molar-refractivity contribution in [1.29, 1.82) is 5.41 Å². The van der Waals surface area contributed by atoms with Crippen molar-refractivity contribution in [3.8, 4) is 0 Å². The second-order valence-corrected chi connectivity index (χ2v) is 5.03. The molecule has 0 aliphatic rings. The topological polar surface area (TPSA) is 88.2 Å². The number of carbonyl (C=O) groups is 1. The monoisotopic (exact) mass is 319 g/mol. The van der Waals surface area contributed by atoms with Crippen LogP contribution in [-0.4, -0.2) is 24.5 Å². The maximum absolute atomic E-state index is 11.8. The molecule has 1 aromatic carbocycles. The third kappa shape index (κ3) is 4.67. The Morgan fingerprint density at radius 1 is 1.50 bits per heavy atom. The largest absolute Gasteiger partial charge is 0.384 e. The van der Waals surface area contributed by atoms with E-state index in [1.165, 1.54) is 7.11 Å². The zero-order chi connectivity index (χ0) is 14.6. The lowest BCUT2D eigenvalue weighted by atomic mass is 10.1. The molecule has 20 heavy (non-hydrogen) atoms. The quantitative estimate of drug-likeness (QED) is 0.573. The summed E-state index contributed by atoms with van der Waals surface area (Å²) in [5.74, 6) is -0.315. The van der Waals surface area contributed by atoms with Crippen LogP contribution < -0.4 is 11.1 Å². The third-order valence-corrected chi connectivity index (χ3v) is 3.16. The minimum atomic E-state index is -0.879. The zero-order valence-electron chi connectivity index (χ0n) is 11.6. The highest BCUT2D eigenvalue weighted by atomic mass is 35.5. The molecule has 7 heteroatoms. The number of methoxy groups -OCH3 is 1. The van der Waals surface area contributed by atoms with E-state index in [2.05, 4.69) is 5.32 Å². The van der Waals surface area contributed by atoms with E-state index >= 15 is 0 Å². The molecule has 0 saturated carbocycles. The molecule has 0 aromatic heterocycles. The van der Waals surface area contributed by atoms with E-state index in [0.717, 1.165) is 5.56 Å². The van der Waals surface area contributed by atoms with Crippen molar-refractivity contribution in [3.05, 3.63) is 34.3 Å². The predicted molar refractivity (Wildman–Crippen MR) is 82.7 cm³/mol. The number of halogens is 2. The molecule has 1 rings (SSSR count). The highest BCUT2D eigenvalue weighted by molar-refractivity contribution is 6.33. The number of nitrogens with two attached hydrogens (primary N) is 1. The molecule has 0 spiro atoms. The van der Waals surface area contributed by atoms with Crippen LogP contribution in [0.4, 0.5) is 0 Å². The number of carbonyl (C=O) groups excluding carboxylic acids is 1. The maximum atomic E-state index is 11.8. The summed E-state index contributed by atoms with van der Waals surface area (Å²) in [4.78, 5) is 11.8. The van der Waals surface area contributed by atoms with Crippen molar-refractivity contribution < 1.29 is 9.53 Å². The number of hydrogen-bond acceptors (Lipinski definition) is 3. The van der Waals surface area contributed by atoms with Crippen molar-refractivity contribution in [3.63, 3.8) is 0 Å². The molecule has 0 aliphatic carbocycles. The predicted octanol–water partition coefficient (Wildman–Crippen LogP) is 2.09. The van der Waals surface area contributed by atoms with Gasteiger partial charge in [0.15, 0.2) is 0 Å². The van der Waals surface area contributed by atoms with Crippen LogP contribution in [0, 0.1) is 5.41 Å². The van der Waals surface area contributed by atoms with Gasteiger partial charge in [0.2, 0.25) is 0 Å². The van der Waals surface area contributed by atoms with Crippen LogP contribution in [0.1, 0.15) is 25.0 Å². The van der Waals surface area contributed by atoms with Crippen LogP contribution in [0.5, 0.6) is 0 Å². The molecule has 112 valence electrons. The summed E-state index contributed by atoms with van der Waals surface area (Å²) in [6, 6.07) is 5.11. The molecule has 0 atom stereocenters. The molecule has 0 bridgehead atoms. The molecular formula is C13H19Cl2N3O2. The van der Waals surface area contributed by atoms with Gasteiger partial charge in [0.1, 0.15) is 11.4 Å². The summed E-state index contributed by atoms with van der Waals surface area (Å²) in [6.45, 7) is 3.69. The summed E-state index contributed by atoms with van der Waals surface area (Å²) in [6.07, 6.45) is 0. The maximum Gasteiger partial charge on any atom is 0.251 e. The first-order valence-corrected chi connectivity index (χ1v) is 6.12. The normalized spacial score (nSPS) is 10.6. The molecule has 5 nitrogen and oxygen atoms in total. The van der Waals surface area contributed by atoms with E-state index in [4.69, 9.17) is 27.5 Å². The summed E-state index contributed by atoms with van der Waals surface area (Å²) in [5.41, 5.74) is 5.82. The van der Waals surface area contributed by atoms with Gasteiger partial charge >= 0.3 is 0 Å². The van der Waals surface area contributed by atoms with Crippen LogP contribution in [0.25, 0.3) is 0 Å². The smallest absolute Gasteiger partial charge is 0.251 e. The van der Waals surface area contributed by atoms with Crippen LogP contribution in [0.3, 0.4) is 0 Å². The second kappa shape index (κ2) is 7.47. The highest BCUT2D eigenvalue weighted by Gasteiger charge is 2.26. The van der Waals surface area contributed by atoms with Crippen LogP contribution >= 0.6 is 24.0 Å². The Kier molecular flexibility index (Phi) is 6.99. The summed E-state index contributed by atoms with van der Waals surface area (Å²) in [7, 11) is 1.48. The first-order valence-electron chi connectivity index (χ1n) is 5.74. The molecule has 1 aromatic rings. The fraction of sp³-hybridized carbons (Fsp3) is 0.385. The number of rotatable bonds is 5. The molecule has 0 fully saturated rings. The number of benzene rings is 1. The lowest BCUT2D eigenvalue weighted by Crippen LogP contribution is -2.43. The number of amidine groups is 1. The van der Waals surface area contributed by atoms with Crippen molar-refractivity contribution in [1.82, 2.24) is 5.32 Å². The van der Waals surface area contributed by atoms with Crippen LogP contribution in [0.15, 0.2) is 18.2 Å². The minimum Gasteiger partial charge on any atom is -0.384 e. The lowest BCUT2D eigenvalue weighted by Gasteiger charge is -2.21. The average molecular weight is 320 g/mol. The molecule has 4 N–H and O–H groups in total. The summed E-state index contributed by atoms with van der Waals surface area (Å²) < 4.78 is 5.08. The first-order chi connectivity index (χ1) is 8.77. The van der Waals surface area contributed by atoms with E-state index in [-0.39, 0.29) is 24.1 Å². The van der Waals surface area contributed by atoms with Gasteiger partial charge in [-0.2, -0.15) is 0 Å². The van der Waals surface area contributed by atoms with Crippen molar-refractivity contribution >= 4 is 35.8 Å². The van der Waals surface area contributed by atoms with Gasteiger partial charge in [-0.25, -0.2) is 0 Å². The minimum absolute atomic E-state index is 0. The second-order valence-electron chi connectivity index (χ2n) is 4.62. The summed E-state index contributed by atoms with van der Waals surface area (Å²) >= 11 is 5.92. The molecule has 0 saturated heterocycles. The van der Waals surface area contributed by atoms with E-state index in [1.54, 1.807) is 32.0 Å². The molecular weight excluding hydrogens is 301 g/mol. The molecule has 0 unspecified atom stereocenters. The van der Waals surface area contributed by atoms with Crippen molar-refractivity contribution in [2.75, 3.05) is 7.11 Å². The highest BCUT2D eigenvalue weighted by Crippen LogP contribution is 2.17. The Hall–Kier alpha value is -1.30. The van der Waals surface area contributed by atoms with Gasteiger partial charge in [-0.3, -0.25) is 10.2 Å². The fourth-order valence-electron chi connectivity index (χ4n) is 1.38. The first kappa shape index (κ1) is 18.7. The standard InChI is InChI=1S/C13H18ClN3O2.ClH/c1-13(2,19-3)12(18)17-7-8-4-5-10(14)9(6-8)11(15)16;/h4-6H,7H2,1-3H3,(H3,15,16)(H,17,18);1H. The Morgan fingerprint density at radius 3 is 2.60 bits per heavy atom. The molecule has 1 amide bonds. The third-order valence-electron chi connectivity index (χ3n) is 2.83. The summed E-state index contributed by atoms with van der Waals surface area (Å²) in [5, 5.41) is 10.6. The fourth-order valence-corrected chi connectivity index (χ4v) is 1.60. The molecule has 0 heterocycles. The zero-order valence-corrected chi connectivity index (χ0v) is 13.2. The van der Waals surface area contributed by atoms with E-state index in [0.29, 0.717) is 17.1 Å². The lowest BCUT2D eigenvalue weighted by molar-refractivity contribution is -0.139. The van der Waals surface area contributed by atoms with Gasteiger partial charge in [-0.15, -0.1) is 12.4 Å². The Labute approximate surface area is 129 Å². The molecule has 0 aliphatic heterocycles. The number of hydrogen-bond donors (Lipinski definition) is 3. The number of amides is 1. The average Bonchev–Trinajstić information content (AvgIpc) is 2.36. The van der Waals surface area contributed by atoms with Gasteiger partial charge in [-0.05, 0) is 31.5 Å². The number of nitrogen functional groups attached to an aromatic ring is 1. The van der Waals surface area contributed by atoms with E-state index in [9.17, 15) is 4.79 Å². The van der Waals surface area contributed by atoms with Crippen LogP contribution in [-0.2, 0) is 16.1 Å². The number of nitrogens with one attached hydrogen (secondary N) is 2. The van der Waals surface area contributed by atoms with E-state index < -0.39 is 5.60 Å². The van der Waals surface area contributed by atoms with Gasteiger partial charge in [0.05, 0.1) is 5.02 Å². The Morgan fingerprint density at radius 2 is 2.10 bits per heavy atom. The van der Waals surface area contributed by atoms with Gasteiger partial charge in [-0.1, -0.05) is 17.7 Å². The van der Waals surface area contributed by atoms with Gasteiger partial charge < -0.3 is 15.8 Å². The Balaban J connectivity index is 0.00000361. The van der Waals surface area contributed by atoms with Crippen molar-refractivity contribution in [2.45, 2.75) is 26.0 Å². The number of ether oxygens (including phenoxy) is 1. The van der Waals surface area contributed by atoms with Crippen molar-refractivity contribution in [2.24, 2.45) is 5.73 Å².